The van der Waals surface area contributed by atoms with E-state index in [2.05, 4.69) is 4.57 Å². The topological polar surface area (TPSA) is 83.4 Å². The Morgan fingerprint density at radius 3 is 1.86 bits per heavy atom. The van der Waals surface area contributed by atoms with Crippen molar-refractivity contribution in [1.82, 2.24) is 4.57 Å². The Hall–Kier alpha value is -3.41. The van der Waals surface area contributed by atoms with Crippen LogP contribution in [0.1, 0.15) is 16.7 Å². The zero-order valence-electron chi connectivity index (χ0n) is 16.3. The Labute approximate surface area is 169 Å². The maximum absolute atomic E-state index is 11.9. The van der Waals surface area contributed by atoms with Crippen LogP contribution in [0.2, 0.25) is 0 Å². The van der Waals surface area contributed by atoms with E-state index in [9.17, 15) is 19.8 Å². The zero-order chi connectivity index (χ0) is 20.8. The van der Waals surface area contributed by atoms with Crippen molar-refractivity contribution in [2.45, 2.75) is 19.4 Å². The molecule has 2 aromatic carbocycles. The number of imidazole rings is 1. The average Bonchev–Trinajstić information content (AvgIpc) is 3.11. The van der Waals surface area contributed by atoms with E-state index in [4.69, 9.17) is 0 Å². The second-order valence-electron chi connectivity index (χ2n) is 7.35. The number of rotatable bonds is 9. The van der Waals surface area contributed by atoms with Crippen molar-refractivity contribution >= 4 is 11.9 Å². The number of carboxylic acids is 2. The summed E-state index contributed by atoms with van der Waals surface area (Å²) in [6, 6.07) is 16.8. The second kappa shape index (κ2) is 9.19. The number of nitrogens with zero attached hydrogens (tertiary/aromatic N) is 2. The first-order valence-corrected chi connectivity index (χ1v) is 9.50. The van der Waals surface area contributed by atoms with E-state index in [1.807, 2.05) is 84.9 Å². The molecule has 3 rings (SSSR count). The Morgan fingerprint density at radius 2 is 1.38 bits per heavy atom. The lowest BCUT2D eigenvalue weighted by Crippen LogP contribution is -2.33. The molecule has 1 heterocycles. The van der Waals surface area contributed by atoms with Crippen molar-refractivity contribution in [3.05, 3.63) is 90.0 Å². The van der Waals surface area contributed by atoms with Crippen LogP contribution in [0.5, 0.6) is 0 Å². The molecule has 0 bridgehead atoms. The molecule has 150 valence electrons. The van der Waals surface area contributed by atoms with E-state index in [0.29, 0.717) is 0 Å². The van der Waals surface area contributed by atoms with Crippen LogP contribution in [0.15, 0.2) is 73.3 Å². The molecule has 2 atom stereocenters. The summed E-state index contributed by atoms with van der Waals surface area (Å²) in [5, 5.41) is 19.4. The standard InChI is InChI=1S/C23H24N2O4/c1-24-11-12-25(16-24)15-19-9-7-18(8-10-19)14-21(23(28)29)20(22(26)27)13-17-5-3-2-4-6-17/h2-12,16,20-21H,13-15H2,1H3,(H-,26,27,28,29)/p+1/t20-,21-/m0/s1. The Kier molecular flexibility index (Phi) is 6.44. The summed E-state index contributed by atoms with van der Waals surface area (Å²) in [6.45, 7) is 0.717. The smallest absolute Gasteiger partial charge is 0.307 e. The van der Waals surface area contributed by atoms with Gasteiger partial charge in [-0.15, -0.1) is 0 Å². The molecule has 0 saturated carbocycles. The molecule has 3 aromatic rings. The number of hydrogen-bond acceptors (Lipinski definition) is 2. The predicted octanol–water partition coefficient (Wildman–Crippen LogP) is 2.55. The third kappa shape index (κ3) is 5.54. The van der Waals surface area contributed by atoms with Gasteiger partial charge < -0.3 is 10.2 Å². The molecule has 1 aromatic heterocycles. The number of aliphatic carboxylic acids is 2. The predicted molar refractivity (Wildman–Crippen MR) is 107 cm³/mol. The number of aryl methyl sites for hydroxylation is 1. The fourth-order valence-corrected chi connectivity index (χ4v) is 3.51. The molecule has 0 aliphatic heterocycles. The first-order chi connectivity index (χ1) is 13.9. The van der Waals surface area contributed by atoms with Gasteiger partial charge in [0.2, 0.25) is 6.33 Å². The van der Waals surface area contributed by atoms with E-state index < -0.39 is 23.8 Å². The van der Waals surface area contributed by atoms with E-state index in [1.165, 1.54) is 0 Å². The molecule has 0 radical (unpaired) electrons. The lowest BCUT2D eigenvalue weighted by Gasteiger charge is -2.21. The summed E-state index contributed by atoms with van der Waals surface area (Å²) in [4.78, 5) is 23.7. The van der Waals surface area contributed by atoms with Gasteiger partial charge >= 0.3 is 11.9 Å². The lowest BCUT2D eigenvalue weighted by molar-refractivity contribution is -0.671. The summed E-state index contributed by atoms with van der Waals surface area (Å²) in [5.74, 6) is -4.16. The van der Waals surface area contributed by atoms with Crippen molar-refractivity contribution in [2.75, 3.05) is 0 Å². The van der Waals surface area contributed by atoms with Crippen molar-refractivity contribution in [3.63, 3.8) is 0 Å². The highest BCUT2D eigenvalue weighted by Crippen LogP contribution is 2.23. The van der Waals surface area contributed by atoms with E-state index >= 15 is 0 Å². The van der Waals surface area contributed by atoms with Crippen LogP contribution in [-0.2, 0) is 36.0 Å². The van der Waals surface area contributed by atoms with Crippen molar-refractivity contribution in [3.8, 4) is 0 Å². The van der Waals surface area contributed by atoms with Crippen LogP contribution in [-0.4, -0.2) is 26.7 Å². The number of carboxylic acid groups (broad SMARTS) is 2. The molecule has 6 nitrogen and oxygen atoms in total. The van der Waals surface area contributed by atoms with Gasteiger partial charge in [0.25, 0.3) is 0 Å². The fourth-order valence-electron chi connectivity index (χ4n) is 3.51. The van der Waals surface area contributed by atoms with Crippen LogP contribution in [0.25, 0.3) is 0 Å². The van der Waals surface area contributed by atoms with Gasteiger partial charge in [0.05, 0.1) is 18.9 Å². The summed E-state index contributed by atoms with van der Waals surface area (Å²) in [6.07, 6.45) is 6.29. The zero-order valence-corrected chi connectivity index (χ0v) is 16.3. The Morgan fingerprint density at radius 1 is 0.862 bits per heavy atom. The highest BCUT2D eigenvalue weighted by atomic mass is 16.4. The van der Waals surface area contributed by atoms with Gasteiger partial charge in [-0.25, -0.2) is 9.13 Å². The van der Waals surface area contributed by atoms with Crippen LogP contribution in [0.4, 0.5) is 0 Å². The minimum Gasteiger partial charge on any atom is -0.481 e. The molecule has 0 aliphatic carbocycles. The maximum Gasteiger partial charge on any atom is 0.307 e. The van der Waals surface area contributed by atoms with Gasteiger partial charge in [0.15, 0.2) is 0 Å². The summed E-state index contributed by atoms with van der Waals surface area (Å²) >= 11 is 0. The first kappa shape index (κ1) is 20.3. The molecular formula is C23H25N2O4+. The minimum atomic E-state index is -1.09. The average molecular weight is 393 g/mol. The molecule has 0 spiro atoms. The highest BCUT2D eigenvalue weighted by Gasteiger charge is 2.34. The third-order valence-electron chi connectivity index (χ3n) is 5.09. The molecule has 0 amide bonds. The van der Waals surface area contributed by atoms with E-state index in [1.54, 1.807) is 0 Å². The Bertz CT molecular complexity index is 964. The van der Waals surface area contributed by atoms with Gasteiger partial charge in [0.1, 0.15) is 18.9 Å². The minimum absolute atomic E-state index is 0.178. The summed E-state index contributed by atoms with van der Waals surface area (Å²) < 4.78 is 4.01. The molecule has 0 unspecified atom stereocenters. The van der Waals surface area contributed by atoms with E-state index in [0.717, 1.165) is 23.2 Å². The molecular weight excluding hydrogens is 368 g/mol. The first-order valence-electron chi connectivity index (χ1n) is 9.50. The lowest BCUT2D eigenvalue weighted by atomic mass is 9.82. The van der Waals surface area contributed by atoms with Gasteiger partial charge in [-0.05, 0) is 29.5 Å². The number of hydrogen-bond donors (Lipinski definition) is 2. The molecule has 0 aliphatic rings. The molecule has 2 N–H and O–H groups in total. The van der Waals surface area contributed by atoms with Gasteiger partial charge in [0, 0.05) is 0 Å². The normalized spacial score (nSPS) is 13.0. The maximum atomic E-state index is 11.9. The third-order valence-corrected chi connectivity index (χ3v) is 5.09. The second-order valence-corrected chi connectivity index (χ2v) is 7.35. The van der Waals surface area contributed by atoms with Crippen LogP contribution < -0.4 is 4.57 Å². The molecule has 0 saturated heterocycles. The number of aromatic nitrogens is 2. The number of carbonyl (C=O) groups is 2. The quantitative estimate of drug-likeness (QED) is 0.547. The van der Waals surface area contributed by atoms with Gasteiger partial charge in [-0.1, -0.05) is 54.6 Å². The monoisotopic (exact) mass is 393 g/mol. The van der Waals surface area contributed by atoms with Gasteiger partial charge in [-0.3, -0.25) is 9.59 Å². The summed E-state index contributed by atoms with van der Waals surface area (Å²) in [5.41, 5.74) is 2.73. The van der Waals surface area contributed by atoms with Crippen molar-refractivity contribution in [1.29, 1.82) is 0 Å². The van der Waals surface area contributed by atoms with Crippen LogP contribution in [0, 0.1) is 11.8 Å². The summed E-state index contributed by atoms with van der Waals surface area (Å²) in [7, 11) is 1.96. The Balaban J connectivity index is 1.73. The largest absolute Gasteiger partial charge is 0.481 e. The molecule has 29 heavy (non-hydrogen) atoms. The van der Waals surface area contributed by atoms with Crippen molar-refractivity contribution < 1.29 is 24.4 Å². The SMILES string of the molecule is C[n+]1ccn(Cc2ccc(C[C@H](C(=O)O)[C@H](Cc3ccccc3)C(=O)O)cc2)c1. The highest BCUT2D eigenvalue weighted by molar-refractivity contribution is 5.80. The van der Waals surface area contributed by atoms with Crippen molar-refractivity contribution in [2.24, 2.45) is 18.9 Å². The fraction of sp³-hybridized carbons (Fsp3) is 0.261. The van der Waals surface area contributed by atoms with Crippen LogP contribution in [0.3, 0.4) is 0 Å². The number of benzene rings is 2. The van der Waals surface area contributed by atoms with E-state index in [-0.39, 0.29) is 12.8 Å². The van der Waals surface area contributed by atoms with Gasteiger partial charge in [-0.2, -0.15) is 0 Å². The van der Waals surface area contributed by atoms with Crippen LogP contribution >= 0.6 is 0 Å². The molecule has 0 fully saturated rings. The molecule has 6 heteroatoms.